The lowest BCUT2D eigenvalue weighted by atomic mass is 9.99. The van der Waals surface area contributed by atoms with Crippen molar-refractivity contribution in [3.05, 3.63) is 92.7 Å². The summed E-state index contributed by atoms with van der Waals surface area (Å²) in [6.07, 6.45) is 2.71. The number of urea groups is 2. The zero-order chi connectivity index (χ0) is 31.3. The summed E-state index contributed by atoms with van der Waals surface area (Å²) in [5.74, 6) is -0.889. The molecule has 3 aromatic rings. The summed E-state index contributed by atoms with van der Waals surface area (Å²) >= 11 is 11.9. The van der Waals surface area contributed by atoms with E-state index in [2.05, 4.69) is 15.8 Å². The number of nitrogens with one attached hydrogen (secondary N) is 2. The van der Waals surface area contributed by atoms with Crippen LogP contribution in [0.5, 0.6) is 0 Å². The van der Waals surface area contributed by atoms with Gasteiger partial charge in [-0.25, -0.2) is 15.0 Å². The maximum atomic E-state index is 13.7. The van der Waals surface area contributed by atoms with Crippen molar-refractivity contribution in [1.82, 2.24) is 15.4 Å². The van der Waals surface area contributed by atoms with Crippen molar-refractivity contribution in [3.63, 3.8) is 0 Å². The van der Waals surface area contributed by atoms with E-state index in [9.17, 15) is 29.7 Å². The maximum absolute atomic E-state index is 13.7. The molecule has 3 N–H and O–H groups in total. The third-order valence-electron chi connectivity index (χ3n) is 6.35. The monoisotopic (exact) mass is 629 g/mol. The molecule has 2 aromatic carbocycles. The van der Waals surface area contributed by atoms with Gasteiger partial charge >= 0.3 is 17.9 Å². The normalized spacial score (nSPS) is 16.2. The second-order valence-electron chi connectivity index (χ2n) is 9.63. The highest BCUT2D eigenvalue weighted by atomic mass is 35.5. The Morgan fingerprint density at radius 3 is 2.35 bits per heavy atom. The van der Waals surface area contributed by atoms with Crippen LogP contribution in [0.2, 0.25) is 10.0 Å². The van der Waals surface area contributed by atoms with Crippen LogP contribution in [0.3, 0.4) is 0 Å². The van der Waals surface area contributed by atoms with Gasteiger partial charge in [-0.2, -0.15) is 10.2 Å². The number of amides is 5. The number of halogens is 2. The molecular weight excluding hydrogens is 605 g/mol. The predicted octanol–water partition coefficient (Wildman–Crippen LogP) is 5.58. The van der Waals surface area contributed by atoms with Crippen molar-refractivity contribution < 1.29 is 28.9 Å². The molecule has 1 aliphatic rings. The van der Waals surface area contributed by atoms with Gasteiger partial charge in [0.05, 0.1) is 11.6 Å². The van der Waals surface area contributed by atoms with E-state index in [0.717, 1.165) is 0 Å². The van der Waals surface area contributed by atoms with Gasteiger partial charge in [-0.3, -0.25) is 25.0 Å². The van der Waals surface area contributed by atoms with Crippen molar-refractivity contribution in [1.29, 1.82) is 0 Å². The van der Waals surface area contributed by atoms with Crippen LogP contribution >= 0.6 is 23.2 Å². The third kappa shape index (κ3) is 7.12. The number of rotatable bonds is 9. The fraction of sp³-hybridized carbons (Fsp3) is 0.185. The summed E-state index contributed by atoms with van der Waals surface area (Å²) in [4.78, 5) is 52.0. The van der Waals surface area contributed by atoms with E-state index in [4.69, 9.17) is 27.6 Å². The van der Waals surface area contributed by atoms with Crippen LogP contribution in [-0.2, 0) is 4.79 Å². The fourth-order valence-corrected chi connectivity index (χ4v) is 4.55. The van der Waals surface area contributed by atoms with E-state index in [1.807, 2.05) is 0 Å². The minimum Gasteiger partial charge on any atom is -0.401 e. The highest BCUT2D eigenvalue weighted by Gasteiger charge is 2.56. The average molecular weight is 630 g/mol. The van der Waals surface area contributed by atoms with Crippen LogP contribution in [0.4, 0.5) is 26.8 Å². The summed E-state index contributed by atoms with van der Waals surface area (Å²) in [5, 5.41) is 29.4. The molecule has 14 nitrogen and oxygen atoms in total. The molecule has 0 aliphatic carbocycles. The molecule has 4 rings (SSSR count). The first-order chi connectivity index (χ1) is 20.4. The number of nitro groups is 1. The Morgan fingerprint density at radius 2 is 1.74 bits per heavy atom. The van der Waals surface area contributed by atoms with Crippen LogP contribution in [0.15, 0.2) is 76.3 Å². The van der Waals surface area contributed by atoms with Gasteiger partial charge < -0.3 is 14.6 Å². The Labute approximate surface area is 254 Å². The van der Waals surface area contributed by atoms with Gasteiger partial charge in [-0.1, -0.05) is 23.2 Å². The van der Waals surface area contributed by atoms with Crippen molar-refractivity contribution in [2.45, 2.75) is 25.6 Å². The number of furan rings is 1. The van der Waals surface area contributed by atoms with E-state index in [0.29, 0.717) is 26.5 Å². The SMILES string of the molecule is CC1(C)C(N(O)C(=O)Nc2ccc(Cl)cc2)N(c2ccc(Cl)cc2)C(=O)N1CC(=O)N/N=C/C=C\c1ccc([N+](=O)[O-])o1. The Balaban J connectivity index is 1.50. The van der Waals surface area contributed by atoms with Crippen LogP contribution in [0, 0.1) is 10.1 Å². The Morgan fingerprint density at radius 1 is 1.12 bits per heavy atom. The largest absolute Gasteiger partial charge is 0.433 e. The Hall–Kier alpha value is -4.92. The molecule has 0 radical (unpaired) electrons. The second kappa shape index (κ2) is 12.9. The van der Waals surface area contributed by atoms with E-state index in [-0.39, 0.29) is 5.76 Å². The number of hydrogen-bond acceptors (Lipinski definition) is 8. The number of anilines is 2. The fourth-order valence-electron chi connectivity index (χ4n) is 4.29. The number of hydroxylamine groups is 2. The molecule has 1 fully saturated rings. The number of benzene rings is 2. The molecule has 0 saturated carbocycles. The van der Waals surface area contributed by atoms with Crippen molar-refractivity contribution in [3.8, 4) is 0 Å². The minimum absolute atomic E-state index is 0.205. The summed E-state index contributed by atoms with van der Waals surface area (Å²) in [6.45, 7) is 2.70. The van der Waals surface area contributed by atoms with Gasteiger partial charge in [-0.15, -0.1) is 0 Å². The van der Waals surface area contributed by atoms with Gasteiger partial charge in [0.15, 0.2) is 6.17 Å². The minimum atomic E-state index is -1.31. The average Bonchev–Trinajstić information content (AvgIpc) is 3.51. The molecule has 2 heterocycles. The number of carbonyl (C=O) groups is 3. The zero-order valence-electron chi connectivity index (χ0n) is 22.7. The van der Waals surface area contributed by atoms with Crippen molar-refractivity contribution >= 4 is 70.7 Å². The topological polar surface area (TPSA) is 174 Å². The first-order valence-corrected chi connectivity index (χ1v) is 13.3. The van der Waals surface area contributed by atoms with Gasteiger partial charge in [0.2, 0.25) is 0 Å². The van der Waals surface area contributed by atoms with Gasteiger partial charge in [0.25, 0.3) is 5.91 Å². The summed E-state index contributed by atoms with van der Waals surface area (Å²) < 4.78 is 4.98. The molecule has 224 valence electrons. The first kappa shape index (κ1) is 31.0. The smallest absolute Gasteiger partial charge is 0.401 e. The lowest BCUT2D eigenvalue weighted by Crippen LogP contribution is -2.58. The Kier molecular flexibility index (Phi) is 9.34. The van der Waals surface area contributed by atoms with Crippen molar-refractivity contribution in [2.24, 2.45) is 5.10 Å². The van der Waals surface area contributed by atoms with Crippen LogP contribution in [-0.4, -0.2) is 62.5 Å². The number of hydrogen-bond donors (Lipinski definition) is 3. The highest BCUT2D eigenvalue weighted by molar-refractivity contribution is 6.31. The molecule has 43 heavy (non-hydrogen) atoms. The molecule has 16 heteroatoms. The lowest BCUT2D eigenvalue weighted by Gasteiger charge is -2.38. The molecule has 1 atom stereocenters. The van der Waals surface area contributed by atoms with Gasteiger partial charge in [-0.05, 0) is 80.6 Å². The zero-order valence-corrected chi connectivity index (χ0v) is 24.2. The number of carbonyl (C=O) groups excluding carboxylic acids is 3. The standard InChI is InChI=1S/C27H25Cl2N7O7/c1-27(2)24(35(40)25(38)31-19-9-5-17(28)6-10-19)34(20-11-7-18(29)8-12-20)26(39)33(27)16-22(37)32-30-15-3-4-21-13-14-23(43-21)36(41)42/h3-15,24,40H,16H2,1-2H3,(H,31,38)(H,32,37)/b4-3-,30-15+. The molecule has 0 spiro atoms. The molecule has 1 aliphatic heterocycles. The molecular formula is C27H25Cl2N7O7. The highest BCUT2D eigenvalue weighted by Crippen LogP contribution is 2.38. The van der Waals surface area contributed by atoms with Crippen LogP contribution in [0.1, 0.15) is 19.6 Å². The number of allylic oxidation sites excluding steroid dienone is 1. The van der Waals surface area contributed by atoms with E-state index in [1.165, 1.54) is 40.3 Å². The summed E-state index contributed by atoms with van der Waals surface area (Å²) in [7, 11) is 0. The maximum Gasteiger partial charge on any atom is 0.433 e. The summed E-state index contributed by atoms with van der Waals surface area (Å²) in [6, 6.07) is 13.4. The number of nitrogens with zero attached hydrogens (tertiary/aromatic N) is 5. The molecule has 1 aromatic heterocycles. The molecule has 0 bridgehead atoms. The molecule has 1 saturated heterocycles. The Bertz CT molecular complexity index is 1570. The summed E-state index contributed by atoms with van der Waals surface area (Å²) in [5.41, 5.74) is 1.64. The molecule has 1 unspecified atom stereocenters. The van der Waals surface area contributed by atoms with E-state index >= 15 is 0 Å². The first-order valence-electron chi connectivity index (χ1n) is 12.5. The van der Waals surface area contributed by atoms with E-state index < -0.39 is 47.0 Å². The van der Waals surface area contributed by atoms with E-state index in [1.54, 1.807) is 62.4 Å². The quantitative estimate of drug-likeness (QED) is 0.120. The number of hydrazone groups is 1. The lowest BCUT2D eigenvalue weighted by molar-refractivity contribution is -0.402. The van der Waals surface area contributed by atoms with Crippen LogP contribution < -0.4 is 15.6 Å². The predicted molar refractivity (Wildman–Crippen MR) is 159 cm³/mol. The third-order valence-corrected chi connectivity index (χ3v) is 6.86. The van der Waals surface area contributed by atoms with Gasteiger partial charge in [0, 0.05) is 27.6 Å². The molecule has 5 amide bonds. The van der Waals surface area contributed by atoms with Gasteiger partial charge in [0.1, 0.15) is 17.2 Å². The van der Waals surface area contributed by atoms with Crippen molar-refractivity contribution in [2.75, 3.05) is 16.8 Å². The van der Waals surface area contributed by atoms with Crippen LogP contribution in [0.25, 0.3) is 6.08 Å². The second-order valence-corrected chi connectivity index (χ2v) is 10.5.